The molecule has 1 N–H and O–H groups in total. The highest BCUT2D eigenvalue weighted by Crippen LogP contribution is 2.34. The maximum absolute atomic E-state index is 13.0. The lowest BCUT2D eigenvalue weighted by Crippen LogP contribution is -2.27. The summed E-state index contributed by atoms with van der Waals surface area (Å²) in [7, 11) is 0. The number of imidazole rings is 1. The number of rotatable bonds is 8. The number of anilines is 1. The molecule has 1 aromatic heterocycles. The summed E-state index contributed by atoms with van der Waals surface area (Å²) in [6.07, 6.45) is -0.331. The number of hydrogen-bond acceptors (Lipinski definition) is 4. The topological polar surface area (TPSA) is 67.6 Å². The maximum Gasteiger partial charge on any atom is 0.227 e. The zero-order chi connectivity index (χ0) is 25.2. The van der Waals surface area contributed by atoms with Crippen LogP contribution in [-0.2, 0) is 11.3 Å². The van der Waals surface area contributed by atoms with Crippen LogP contribution in [0.2, 0.25) is 0 Å². The van der Waals surface area contributed by atoms with Gasteiger partial charge in [0.25, 0.3) is 0 Å². The highest BCUT2D eigenvalue weighted by atomic mass is 16.5. The first-order valence-electron chi connectivity index (χ1n) is 12.6. The minimum absolute atomic E-state index is 0.0544. The molecule has 1 saturated heterocycles. The molecule has 1 aliphatic rings. The first-order valence-corrected chi connectivity index (χ1v) is 12.6. The van der Waals surface area contributed by atoms with Crippen molar-refractivity contribution in [2.75, 3.05) is 18.1 Å². The van der Waals surface area contributed by atoms with Crippen molar-refractivity contribution in [3.8, 4) is 5.75 Å². The molecule has 1 amide bonds. The van der Waals surface area contributed by atoms with Crippen LogP contribution in [-0.4, -0.2) is 39.8 Å². The fourth-order valence-corrected chi connectivity index (χ4v) is 4.98. The summed E-state index contributed by atoms with van der Waals surface area (Å²) in [6, 6.07) is 23.9. The van der Waals surface area contributed by atoms with Gasteiger partial charge in [-0.15, -0.1) is 0 Å². The van der Waals surface area contributed by atoms with Crippen LogP contribution < -0.4 is 9.64 Å². The number of aliphatic hydroxyl groups excluding tert-OH is 1. The number of amides is 1. The van der Waals surface area contributed by atoms with Gasteiger partial charge >= 0.3 is 0 Å². The van der Waals surface area contributed by atoms with Crippen LogP contribution in [0.15, 0.2) is 72.8 Å². The van der Waals surface area contributed by atoms with Gasteiger partial charge in [-0.1, -0.05) is 56.3 Å². The smallest absolute Gasteiger partial charge is 0.227 e. The Kier molecular flexibility index (Phi) is 6.79. The zero-order valence-electron chi connectivity index (χ0n) is 21.1. The molecule has 4 aromatic rings. The van der Waals surface area contributed by atoms with Crippen LogP contribution in [0.25, 0.3) is 11.0 Å². The Balaban J connectivity index is 1.35. The number of fused-ring (bicyclic) bond motifs is 1. The van der Waals surface area contributed by atoms with Crippen LogP contribution in [0.3, 0.4) is 0 Å². The summed E-state index contributed by atoms with van der Waals surface area (Å²) >= 11 is 0. The Hall–Kier alpha value is -3.64. The summed E-state index contributed by atoms with van der Waals surface area (Å²) < 4.78 is 7.95. The fourth-order valence-electron chi connectivity index (χ4n) is 4.98. The number of carbonyl (C=O) groups is 1. The van der Waals surface area contributed by atoms with Gasteiger partial charge in [0.15, 0.2) is 0 Å². The van der Waals surface area contributed by atoms with E-state index in [9.17, 15) is 9.90 Å². The van der Waals surface area contributed by atoms with Crippen molar-refractivity contribution in [1.29, 1.82) is 0 Å². The van der Waals surface area contributed by atoms with Crippen molar-refractivity contribution < 1.29 is 14.6 Å². The van der Waals surface area contributed by atoms with E-state index in [0.717, 1.165) is 33.9 Å². The summed E-state index contributed by atoms with van der Waals surface area (Å²) in [6.45, 7) is 7.43. The summed E-state index contributed by atoms with van der Waals surface area (Å²) in [5.41, 5.74) is 5.10. The number of ether oxygens (including phenoxy) is 1. The summed E-state index contributed by atoms with van der Waals surface area (Å²) in [5.74, 6) is 2.08. The van der Waals surface area contributed by atoms with E-state index in [4.69, 9.17) is 9.72 Å². The molecule has 2 atom stereocenters. The number of nitrogens with zero attached hydrogens (tertiary/aromatic N) is 3. The molecule has 0 radical (unpaired) electrons. The van der Waals surface area contributed by atoms with Crippen molar-refractivity contribution in [2.24, 2.45) is 0 Å². The van der Waals surface area contributed by atoms with Crippen molar-refractivity contribution in [3.63, 3.8) is 0 Å². The third-order valence-corrected chi connectivity index (χ3v) is 6.96. The highest BCUT2D eigenvalue weighted by Gasteiger charge is 2.35. The lowest BCUT2D eigenvalue weighted by molar-refractivity contribution is -0.117. The SMILES string of the molecule is Cc1ccccc1N1C[C@@H](c2nc3ccccc3n2C[C@@H](O)COc2ccc(C(C)C)cc2)CC1=O. The molecular weight excluding hydrogens is 450 g/mol. The molecule has 0 bridgehead atoms. The van der Waals surface area contributed by atoms with Crippen molar-refractivity contribution in [2.45, 2.75) is 51.7 Å². The van der Waals surface area contributed by atoms with Crippen molar-refractivity contribution >= 4 is 22.6 Å². The number of aromatic nitrogens is 2. The van der Waals surface area contributed by atoms with Crippen LogP contribution in [0.1, 0.15) is 49.1 Å². The monoisotopic (exact) mass is 483 g/mol. The van der Waals surface area contributed by atoms with E-state index in [1.54, 1.807) is 0 Å². The van der Waals surface area contributed by atoms with E-state index in [0.29, 0.717) is 25.4 Å². The third-order valence-electron chi connectivity index (χ3n) is 6.96. The molecule has 2 heterocycles. The normalized spacial score (nSPS) is 16.8. The van der Waals surface area contributed by atoms with Gasteiger partial charge in [-0.05, 0) is 54.3 Å². The molecule has 0 unspecified atom stereocenters. The molecule has 1 aliphatic heterocycles. The molecule has 36 heavy (non-hydrogen) atoms. The van der Waals surface area contributed by atoms with Gasteiger partial charge in [0, 0.05) is 24.6 Å². The second-order valence-electron chi connectivity index (χ2n) is 9.95. The van der Waals surface area contributed by atoms with Crippen LogP contribution >= 0.6 is 0 Å². The van der Waals surface area contributed by atoms with Gasteiger partial charge in [0.2, 0.25) is 5.91 Å². The number of hydrogen-bond donors (Lipinski definition) is 1. The Morgan fingerprint density at radius 2 is 1.75 bits per heavy atom. The molecule has 0 aliphatic carbocycles. The zero-order valence-corrected chi connectivity index (χ0v) is 21.1. The summed E-state index contributed by atoms with van der Waals surface area (Å²) in [4.78, 5) is 19.8. The maximum atomic E-state index is 13.0. The van der Waals surface area contributed by atoms with Crippen molar-refractivity contribution in [1.82, 2.24) is 9.55 Å². The van der Waals surface area contributed by atoms with Gasteiger partial charge in [0.05, 0.1) is 17.6 Å². The minimum Gasteiger partial charge on any atom is -0.491 e. The van der Waals surface area contributed by atoms with E-state index >= 15 is 0 Å². The van der Waals surface area contributed by atoms with E-state index in [-0.39, 0.29) is 18.4 Å². The van der Waals surface area contributed by atoms with Gasteiger partial charge in [0.1, 0.15) is 24.3 Å². The molecule has 6 nitrogen and oxygen atoms in total. The van der Waals surface area contributed by atoms with E-state index in [1.165, 1.54) is 5.56 Å². The number of aryl methyl sites for hydroxylation is 1. The molecule has 0 saturated carbocycles. The Bertz CT molecular complexity index is 1360. The van der Waals surface area contributed by atoms with E-state index in [2.05, 4.69) is 30.5 Å². The molecule has 1 fully saturated rings. The molecule has 0 spiro atoms. The Morgan fingerprint density at radius 1 is 1.03 bits per heavy atom. The quantitative estimate of drug-likeness (QED) is 0.363. The van der Waals surface area contributed by atoms with Gasteiger partial charge in [-0.2, -0.15) is 0 Å². The minimum atomic E-state index is -0.726. The van der Waals surface area contributed by atoms with Crippen LogP contribution in [0.4, 0.5) is 5.69 Å². The van der Waals surface area contributed by atoms with Gasteiger partial charge < -0.3 is 19.3 Å². The molecule has 5 rings (SSSR count). The van der Waals surface area contributed by atoms with Crippen LogP contribution in [0, 0.1) is 6.92 Å². The molecule has 3 aromatic carbocycles. The lowest BCUT2D eigenvalue weighted by atomic mass is 10.0. The molecular formula is C30H33N3O3. The summed E-state index contributed by atoms with van der Waals surface area (Å²) in [5, 5.41) is 10.9. The first-order chi connectivity index (χ1) is 17.4. The fraction of sp³-hybridized carbons (Fsp3) is 0.333. The average molecular weight is 484 g/mol. The number of para-hydroxylation sites is 3. The first kappa shape index (κ1) is 24.1. The second-order valence-corrected chi connectivity index (χ2v) is 9.95. The lowest BCUT2D eigenvalue weighted by Gasteiger charge is -2.20. The standard InChI is InChI=1S/C30H33N3O3/c1-20(2)22-12-14-25(15-13-22)36-19-24(34)18-33-28-11-7-5-9-26(28)31-30(33)23-16-29(35)32(17-23)27-10-6-4-8-21(27)3/h4-15,20,23-24,34H,16-19H2,1-3H3/t23-,24+/m0/s1. The average Bonchev–Trinajstić information content (AvgIpc) is 3.44. The molecule has 6 heteroatoms. The van der Waals surface area contributed by atoms with Gasteiger partial charge in [-0.25, -0.2) is 4.98 Å². The largest absolute Gasteiger partial charge is 0.491 e. The third kappa shape index (κ3) is 4.86. The van der Waals surface area contributed by atoms with Crippen LogP contribution in [0.5, 0.6) is 5.75 Å². The number of carbonyl (C=O) groups excluding carboxylic acids is 1. The predicted molar refractivity (Wildman–Crippen MR) is 143 cm³/mol. The Labute approximate surface area is 212 Å². The van der Waals surface area contributed by atoms with E-state index < -0.39 is 6.10 Å². The van der Waals surface area contributed by atoms with Crippen molar-refractivity contribution in [3.05, 3.63) is 89.7 Å². The van der Waals surface area contributed by atoms with E-state index in [1.807, 2.05) is 72.5 Å². The highest BCUT2D eigenvalue weighted by molar-refractivity contribution is 5.97. The van der Waals surface area contributed by atoms with Gasteiger partial charge in [-0.3, -0.25) is 4.79 Å². The molecule has 186 valence electrons. The second kappa shape index (κ2) is 10.2. The Morgan fingerprint density at radius 3 is 2.50 bits per heavy atom. The number of aliphatic hydroxyl groups is 1. The predicted octanol–water partition coefficient (Wildman–Crippen LogP) is 5.43. The number of benzene rings is 3.